The maximum absolute atomic E-state index is 13.7. The van der Waals surface area contributed by atoms with Crippen molar-refractivity contribution in [2.75, 3.05) is 19.7 Å². The van der Waals surface area contributed by atoms with Crippen LogP contribution in [-0.4, -0.2) is 41.5 Å². The number of nitro groups is 1. The first-order chi connectivity index (χ1) is 17.8. The normalized spacial score (nSPS) is 23.9. The summed E-state index contributed by atoms with van der Waals surface area (Å²) in [5.41, 5.74) is 1.61. The monoisotopic (exact) mass is 550 g/mol. The molecule has 1 saturated heterocycles. The maximum atomic E-state index is 13.7. The van der Waals surface area contributed by atoms with E-state index in [1.165, 1.54) is 12.1 Å². The molecule has 200 valence electrons. The molecule has 4 rings (SSSR count). The maximum Gasteiger partial charge on any atom is 0.309 e. The van der Waals surface area contributed by atoms with Crippen molar-refractivity contribution in [1.29, 1.82) is 0 Å². The van der Waals surface area contributed by atoms with Crippen molar-refractivity contribution >= 4 is 29.2 Å². The van der Waals surface area contributed by atoms with Crippen molar-refractivity contribution < 1.29 is 18.8 Å². The summed E-state index contributed by atoms with van der Waals surface area (Å²) in [6.45, 7) is 3.82. The van der Waals surface area contributed by atoms with E-state index in [9.17, 15) is 19.3 Å². The molecule has 0 radical (unpaired) electrons. The minimum atomic E-state index is -0.870. The van der Waals surface area contributed by atoms with E-state index in [0.717, 1.165) is 50.8 Å². The Morgan fingerprint density at radius 3 is 2.43 bits per heavy atom. The highest BCUT2D eigenvalue weighted by Crippen LogP contribution is 2.44. The number of piperidine rings is 1. The molecule has 37 heavy (non-hydrogen) atoms. The molecule has 1 aliphatic heterocycles. The smallest absolute Gasteiger partial charge is 0.309 e. The summed E-state index contributed by atoms with van der Waals surface area (Å²) in [4.78, 5) is 26.5. The Morgan fingerprint density at radius 1 is 1.11 bits per heavy atom. The van der Waals surface area contributed by atoms with Crippen LogP contribution in [0.4, 0.5) is 4.39 Å². The molecule has 9 heteroatoms. The van der Waals surface area contributed by atoms with Crippen molar-refractivity contribution in [3.8, 4) is 0 Å². The Morgan fingerprint density at radius 2 is 1.81 bits per heavy atom. The average Bonchev–Trinajstić information content (AvgIpc) is 2.89. The molecule has 1 heterocycles. The highest BCUT2D eigenvalue weighted by Gasteiger charge is 2.39. The molecule has 0 spiro atoms. The lowest BCUT2D eigenvalue weighted by Gasteiger charge is -2.45. The van der Waals surface area contributed by atoms with E-state index in [0.29, 0.717) is 28.6 Å². The van der Waals surface area contributed by atoms with E-state index in [2.05, 4.69) is 4.90 Å². The van der Waals surface area contributed by atoms with Crippen molar-refractivity contribution in [3.63, 3.8) is 0 Å². The first-order valence-corrected chi connectivity index (χ1v) is 13.8. The van der Waals surface area contributed by atoms with Crippen LogP contribution in [0.2, 0.25) is 10.0 Å². The van der Waals surface area contributed by atoms with Gasteiger partial charge in [-0.05, 0) is 93.8 Å². The number of halogens is 3. The summed E-state index contributed by atoms with van der Waals surface area (Å²) in [6.07, 6.45) is 4.46. The molecule has 0 aromatic heterocycles. The zero-order valence-corrected chi connectivity index (χ0v) is 22.5. The Hall–Kier alpha value is -2.22. The van der Waals surface area contributed by atoms with Crippen LogP contribution in [0.15, 0.2) is 42.5 Å². The number of hydrogen-bond acceptors (Lipinski definition) is 5. The van der Waals surface area contributed by atoms with Crippen LogP contribution in [-0.2, 0) is 9.53 Å². The molecule has 2 aromatic rings. The van der Waals surface area contributed by atoms with Gasteiger partial charge in [0.15, 0.2) is 0 Å². The summed E-state index contributed by atoms with van der Waals surface area (Å²) in [5, 5.41) is 12.7. The molecule has 0 bridgehead atoms. The van der Waals surface area contributed by atoms with Gasteiger partial charge in [-0.2, -0.15) is 0 Å². The van der Waals surface area contributed by atoms with Gasteiger partial charge in [-0.3, -0.25) is 19.8 Å². The van der Waals surface area contributed by atoms with E-state index >= 15 is 0 Å². The number of carbonyl (C=O) groups is 1. The first-order valence-electron chi connectivity index (χ1n) is 13.0. The van der Waals surface area contributed by atoms with Gasteiger partial charge in [0.25, 0.3) is 0 Å². The minimum absolute atomic E-state index is 0.0659. The molecule has 2 aromatic carbocycles. The van der Waals surface area contributed by atoms with E-state index in [-0.39, 0.29) is 40.5 Å². The van der Waals surface area contributed by atoms with Crippen LogP contribution in [0.3, 0.4) is 0 Å². The van der Waals surface area contributed by atoms with E-state index in [1.807, 2.05) is 19.1 Å². The molecule has 1 aliphatic carbocycles. The van der Waals surface area contributed by atoms with Gasteiger partial charge in [0, 0.05) is 22.9 Å². The second-order valence-corrected chi connectivity index (χ2v) is 11.0. The first kappa shape index (κ1) is 27.8. The third kappa shape index (κ3) is 6.81. The number of likely N-dealkylation sites (tertiary alicyclic amines) is 1. The van der Waals surface area contributed by atoms with Crippen LogP contribution in [0.1, 0.15) is 68.5 Å². The van der Waals surface area contributed by atoms with Gasteiger partial charge in [0.05, 0.1) is 22.6 Å². The summed E-state index contributed by atoms with van der Waals surface area (Å²) in [6, 6.07) is 10.9. The molecule has 0 amide bonds. The number of hydrogen-bond donors (Lipinski definition) is 0. The third-order valence-electron chi connectivity index (χ3n) is 7.98. The summed E-state index contributed by atoms with van der Waals surface area (Å²) < 4.78 is 18.9. The molecule has 1 saturated carbocycles. The van der Waals surface area contributed by atoms with Gasteiger partial charge in [0.1, 0.15) is 5.82 Å². The Bertz CT molecular complexity index is 1090. The fourth-order valence-electron chi connectivity index (χ4n) is 6.07. The van der Waals surface area contributed by atoms with Crippen molar-refractivity contribution in [1.82, 2.24) is 4.90 Å². The second-order valence-electron chi connectivity index (χ2n) is 10.2. The number of ether oxygens (including phenoxy) is 1. The third-order valence-corrected chi connectivity index (χ3v) is 8.72. The zero-order chi connectivity index (χ0) is 26.5. The predicted molar refractivity (Wildman–Crippen MR) is 142 cm³/mol. The lowest BCUT2D eigenvalue weighted by Crippen LogP contribution is -2.47. The molecule has 2 aliphatic rings. The van der Waals surface area contributed by atoms with Crippen molar-refractivity contribution in [3.05, 3.63) is 79.6 Å². The fourth-order valence-corrected chi connectivity index (χ4v) is 6.37. The topological polar surface area (TPSA) is 72.7 Å². The fraction of sp³-hybridized carbons (Fsp3) is 0.536. The molecule has 4 unspecified atom stereocenters. The molecule has 4 atom stereocenters. The van der Waals surface area contributed by atoms with Crippen LogP contribution in [0.25, 0.3) is 0 Å². The summed E-state index contributed by atoms with van der Waals surface area (Å²) >= 11 is 12.2. The Labute approximate surface area is 227 Å². The lowest BCUT2D eigenvalue weighted by atomic mass is 9.71. The molecular weight excluding hydrogens is 518 g/mol. The van der Waals surface area contributed by atoms with Gasteiger partial charge >= 0.3 is 5.97 Å². The van der Waals surface area contributed by atoms with Crippen LogP contribution in [0, 0.1) is 27.8 Å². The van der Waals surface area contributed by atoms with Crippen molar-refractivity contribution in [2.24, 2.45) is 11.8 Å². The lowest BCUT2D eigenvalue weighted by molar-refractivity contribution is -0.531. The second kappa shape index (κ2) is 12.5. The van der Waals surface area contributed by atoms with Gasteiger partial charge in [-0.25, -0.2) is 4.39 Å². The van der Waals surface area contributed by atoms with Gasteiger partial charge in [-0.1, -0.05) is 41.4 Å². The highest BCUT2D eigenvalue weighted by molar-refractivity contribution is 6.42. The quantitative estimate of drug-likeness (QED) is 0.199. The predicted octanol–water partition coefficient (Wildman–Crippen LogP) is 7.07. The van der Waals surface area contributed by atoms with E-state index in [4.69, 9.17) is 27.9 Å². The summed E-state index contributed by atoms with van der Waals surface area (Å²) in [5.74, 6) is -0.207. The Balaban J connectivity index is 1.50. The van der Waals surface area contributed by atoms with Crippen molar-refractivity contribution in [2.45, 2.75) is 63.5 Å². The van der Waals surface area contributed by atoms with Gasteiger partial charge in [-0.15, -0.1) is 0 Å². The number of carbonyl (C=O) groups excluding carboxylic acids is 1. The summed E-state index contributed by atoms with van der Waals surface area (Å²) in [7, 11) is 0. The van der Waals surface area contributed by atoms with Gasteiger partial charge in [0.2, 0.25) is 6.04 Å². The van der Waals surface area contributed by atoms with E-state index < -0.39 is 6.04 Å². The highest BCUT2D eigenvalue weighted by atomic mass is 35.5. The number of nitrogens with zero attached hydrogens (tertiary/aromatic N) is 2. The number of esters is 1. The standard InChI is InChI=1S/C28H33Cl2FN2O4/c1-2-37-28(34)20-11-13-32(14-12-20)26-10-3-18(15-23(26)19-4-7-22(31)8-5-19)16-27(33(35)36)21-6-9-24(29)25(30)17-21/h4-9,17-18,20,23,26-27H,2-3,10-16H2,1H3. The SMILES string of the molecule is CCOC(=O)C1CCN(C2CCC(CC(c3ccc(Cl)c(Cl)c3)[N+](=O)[O-])CC2c2ccc(F)cc2)CC1. The molecule has 0 N–H and O–H groups in total. The molecule has 2 fully saturated rings. The number of rotatable bonds is 8. The minimum Gasteiger partial charge on any atom is -0.466 e. The van der Waals surface area contributed by atoms with Crippen LogP contribution in [0.5, 0.6) is 0 Å². The van der Waals surface area contributed by atoms with Gasteiger partial charge < -0.3 is 4.74 Å². The molecular formula is C28H33Cl2FN2O4. The van der Waals surface area contributed by atoms with Crippen LogP contribution < -0.4 is 0 Å². The zero-order valence-electron chi connectivity index (χ0n) is 21.0. The molecule has 6 nitrogen and oxygen atoms in total. The van der Waals surface area contributed by atoms with E-state index in [1.54, 1.807) is 18.2 Å². The van der Waals surface area contributed by atoms with Crippen LogP contribution >= 0.6 is 23.2 Å². The largest absolute Gasteiger partial charge is 0.466 e. The average molecular weight is 551 g/mol. The Kier molecular flexibility index (Phi) is 9.43. The number of benzene rings is 2.